The third-order valence-corrected chi connectivity index (χ3v) is 4.30. The summed E-state index contributed by atoms with van der Waals surface area (Å²) in [6.45, 7) is 4.08. The normalized spacial score (nSPS) is 12.2. The molecule has 118 valence electrons. The largest absolute Gasteiger partial charge is 0.323 e. The molecule has 4 nitrogen and oxygen atoms in total. The Kier molecular flexibility index (Phi) is 3.31. The summed E-state index contributed by atoms with van der Waals surface area (Å²) in [5.74, 6) is 5.56. The minimum absolute atomic E-state index is 0.778. The van der Waals surface area contributed by atoms with Gasteiger partial charge in [0.15, 0.2) is 0 Å². The number of nitrogens with zero attached hydrogens (tertiary/aromatic N) is 3. The van der Waals surface area contributed by atoms with Crippen LogP contribution < -0.4 is 11.2 Å². The van der Waals surface area contributed by atoms with Gasteiger partial charge in [0.1, 0.15) is 0 Å². The van der Waals surface area contributed by atoms with Gasteiger partial charge in [0.25, 0.3) is 0 Å². The molecule has 2 N–H and O–H groups in total. The van der Waals surface area contributed by atoms with E-state index in [1.807, 2.05) is 37.3 Å². The van der Waals surface area contributed by atoms with Gasteiger partial charge in [0.2, 0.25) is 0 Å². The molecule has 2 aliphatic rings. The van der Waals surface area contributed by atoms with Crippen LogP contribution in [-0.4, -0.2) is 9.55 Å². The second-order valence-electron chi connectivity index (χ2n) is 6.03. The second-order valence-corrected chi connectivity index (χ2v) is 6.03. The van der Waals surface area contributed by atoms with Crippen LogP contribution in [0.5, 0.6) is 0 Å². The number of aromatic nitrogens is 2. The molecule has 2 aromatic carbocycles. The fourth-order valence-electron chi connectivity index (χ4n) is 3.10. The summed E-state index contributed by atoms with van der Waals surface area (Å²) in [6, 6.07) is 20.7. The van der Waals surface area contributed by atoms with Gasteiger partial charge in [-0.3, -0.25) is 0 Å². The van der Waals surface area contributed by atoms with Crippen LogP contribution >= 0.6 is 0 Å². The third-order valence-electron chi connectivity index (χ3n) is 4.30. The van der Waals surface area contributed by atoms with Gasteiger partial charge in [-0.15, -0.1) is 0 Å². The van der Waals surface area contributed by atoms with E-state index < -0.39 is 0 Å². The van der Waals surface area contributed by atoms with Crippen LogP contribution in [0.4, 0.5) is 0 Å². The van der Waals surface area contributed by atoms with Crippen molar-refractivity contribution in [3.63, 3.8) is 0 Å². The first kappa shape index (κ1) is 14.5. The maximum Gasteiger partial charge on any atom is 0.0882 e. The van der Waals surface area contributed by atoms with E-state index in [-0.39, 0.29) is 0 Å². The molecule has 4 rings (SSSR count). The minimum Gasteiger partial charge on any atom is -0.323 e. The minimum atomic E-state index is 0.778. The number of aryl methyl sites for hydroxylation is 2. The Balaban J connectivity index is 2.23. The molecule has 0 spiro atoms. The maximum atomic E-state index is 5.56. The molecule has 0 fully saturated rings. The van der Waals surface area contributed by atoms with E-state index in [9.17, 15) is 0 Å². The lowest BCUT2D eigenvalue weighted by atomic mass is 10.1. The van der Waals surface area contributed by atoms with E-state index in [1.165, 1.54) is 5.56 Å². The highest BCUT2D eigenvalue weighted by molar-refractivity contribution is 5.83. The Morgan fingerprint density at radius 1 is 0.958 bits per heavy atom. The molecule has 0 aromatic heterocycles. The first-order valence-electron chi connectivity index (χ1n) is 7.90. The van der Waals surface area contributed by atoms with Gasteiger partial charge >= 0.3 is 0 Å². The van der Waals surface area contributed by atoms with Gasteiger partial charge in [-0.2, -0.15) is 5.10 Å². The van der Waals surface area contributed by atoms with Gasteiger partial charge in [-0.05, 0) is 61.4 Å². The van der Waals surface area contributed by atoms with Crippen molar-refractivity contribution in [2.24, 2.45) is 10.9 Å². The molecule has 24 heavy (non-hydrogen) atoms. The molecule has 1 heterocycles. The lowest BCUT2D eigenvalue weighted by Gasteiger charge is -2.19. The van der Waals surface area contributed by atoms with E-state index in [1.54, 1.807) is 0 Å². The molecule has 0 radical (unpaired) electrons. The van der Waals surface area contributed by atoms with Crippen molar-refractivity contribution in [3.05, 3.63) is 77.1 Å². The molecule has 4 heteroatoms. The number of fused-ring (bicyclic) bond motifs is 2. The van der Waals surface area contributed by atoms with Crippen molar-refractivity contribution in [1.82, 2.24) is 9.55 Å². The average Bonchev–Trinajstić information content (AvgIpc) is 2.60. The first-order chi connectivity index (χ1) is 11.7. The molecule has 0 saturated heterocycles. The van der Waals surface area contributed by atoms with E-state index in [0.29, 0.717) is 0 Å². The number of hydrogen-bond donors (Lipinski definition) is 1. The predicted molar refractivity (Wildman–Crippen MR) is 96.9 cm³/mol. The van der Waals surface area contributed by atoms with Gasteiger partial charge in [0, 0.05) is 5.69 Å². The Labute approximate surface area is 140 Å². The van der Waals surface area contributed by atoms with Gasteiger partial charge in [-0.25, -0.2) is 4.98 Å². The quantitative estimate of drug-likeness (QED) is 0.332. The van der Waals surface area contributed by atoms with Crippen molar-refractivity contribution in [2.45, 2.75) is 13.8 Å². The molecular weight excluding hydrogens is 296 g/mol. The fourth-order valence-corrected chi connectivity index (χ4v) is 3.10. The first-order valence-corrected chi connectivity index (χ1v) is 7.90. The Bertz CT molecular complexity index is 1080. The Morgan fingerprint density at radius 3 is 2.50 bits per heavy atom. The average molecular weight is 314 g/mol. The highest BCUT2D eigenvalue weighted by atomic mass is 15.1. The topological polar surface area (TPSA) is 56.2 Å². The van der Waals surface area contributed by atoms with E-state index in [2.05, 4.69) is 46.9 Å². The number of para-hydroxylation sites is 1. The van der Waals surface area contributed by atoms with Crippen LogP contribution in [-0.2, 0) is 0 Å². The SMILES string of the molecule is Cc1ccc2c(c1)nc1cc(C)c(=NN)cc-1n2-c1ccccc1. The zero-order valence-corrected chi connectivity index (χ0v) is 13.7. The molecule has 0 amide bonds. The van der Waals surface area contributed by atoms with Crippen LogP contribution in [0.1, 0.15) is 11.1 Å². The van der Waals surface area contributed by atoms with Crippen molar-refractivity contribution in [1.29, 1.82) is 0 Å². The summed E-state index contributed by atoms with van der Waals surface area (Å²) in [5.41, 5.74) is 7.26. The number of nitrogens with two attached hydrogens (primary N) is 1. The molecule has 0 bridgehead atoms. The summed E-state index contributed by atoms with van der Waals surface area (Å²) in [7, 11) is 0. The van der Waals surface area contributed by atoms with Gasteiger partial charge in [-0.1, -0.05) is 24.3 Å². The number of rotatable bonds is 1. The monoisotopic (exact) mass is 314 g/mol. The molecule has 0 atom stereocenters. The van der Waals surface area contributed by atoms with E-state index in [4.69, 9.17) is 10.8 Å². The lowest BCUT2D eigenvalue weighted by Crippen LogP contribution is -2.15. The third kappa shape index (κ3) is 2.24. The van der Waals surface area contributed by atoms with Crippen molar-refractivity contribution >= 4 is 11.0 Å². The standard InChI is InChI=1S/C20H18N4/c1-13-8-9-19-17(10-13)22-18-11-14(2)16(23-21)12-20(18)24(19)15-6-4-3-5-7-15/h3-12H,21H2,1-2H3. The Hall–Kier alpha value is -3.14. The fraction of sp³-hybridized carbons (Fsp3) is 0.100. The second kappa shape index (κ2) is 5.49. The molecule has 0 unspecified atom stereocenters. The lowest BCUT2D eigenvalue weighted by molar-refractivity contribution is 1.05. The summed E-state index contributed by atoms with van der Waals surface area (Å²) in [6.07, 6.45) is 0. The van der Waals surface area contributed by atoms with Crippen LogP contribution in [0, 0.1) is 13.8 Å². The van der Waals surface area contributed by atoms with Crippen molar-refractivity contribution in [2.75, 3.05) is 0 Å². The summed E-state index contributed by atoms with van der Waals surface area (Å²) in [4.78, 5) is 4.86. The van der Waals surface area contributed by atoms with Crippen LogP contribution in [0.3, 0.4) is 0 Å². The molecule has 2 aromatic rings. The van der Waals surface area contributed by atoms with E-state index in [0.717, 1.165) is 39.0 Å². The van der Waals surface area contributed by atoms with Crippen LogP contribution in [0.15, 0.2) is 65.8 Å². The van der Waals surface area contributed by atoms with Crippen LogP contribution in [0.25, 0.3) is 28.1 Å². The molecule has 1 aliphatic carbocycles. The van der Waals surface area contributed by atoms with Crippen molar-refractivity contribution in [3.8, 4) is 17.1 Å². The van der Waals surface area contributed by atoms with E-state index >= 15 is 0 Å². The predicted octanol–water partition coefficient (Wildman–Crippen LogP) is 3.52. The molecular formula is C20H18N4. The number of benzene rings is 3. The number of hydrogen-bond acceptors (Lipinski definition) is 3. The molecule has 1 aliphatic heterocycles. The maximum absolute atomic E-state index is 5.56. The summed E-state index contributed by atoms with van der Waals surface area (Å²) >= 11 is 0. The zero-order chi connectivity index (χ0) is 16.7. The smallest absolute Gasteiger partial charge is 0.0882 e. The summed E-state index contributed by atoms with van der Waals surface area (Å²) in [5, 5.41) is 4.69. The zero-order valence-electron chi connectivity index (χ0n) is 13.7. The van der Waals surface area contributed by atoms with Crippen molar-refractivity contribution < 1.29 is 0 Å². The van der Waals surface area contributed by atoms with Gasteiger partial charge in [0.05, 0.1) is 27.8 Å². The van der Waals surface area contributed by atoms with Crippen LogP contribution in [0.2, 0.25) is 0 Å². The van der Waals surface area contributed by atoms with Gasteiger partial charge < -0.3 is 10.4 Å². The Morgan fingerprint density at radius 2 is 1.75 bits per heavy atom. The highest BCUT2D eigenvalue weighted by Gasteiger charge is 2.15. The molecule has 0 saturated carbocycles. The summed E-state index contributed by atoms with van der Waals surface area (Å²) < 4.78 is 2.21. The highest BCUT2D eigenvalue weighted by Crippen LogP contribution is 2.29.